The van der Waals surface area contributed by atoms with Crippen LogP contribution in [0.5, 0.6) is 0 Å². The fourth-order valence-electron chi connectivity index (χ4n) is 1.99. The summed E-state index contributed by atoms with van der Waals surface area (Å²) in [5.74, 6) is 6.66. The van der Waals surface area contributed by atoms with Crippen LogP contribution in [0.3, 0.4) is 0 Å². The Morgan fingerprint density at radius 1 is 0.474 bits per heavy atom. The highest BCUT2D eigenvalue weighted by Crippen LogP contribution is 2.11. The molecule has 0 bridgehead atoms. The first kappa shape index (κ1) is 38.4. The van der Waals surface area contributed by atoms with Crippen LogP contribution in [0.4, 0.5) is 0 Å². The Bertz CT molecular complexity index is 577. The Hall–Kier alpha value is 0.350. The number of hydrogen-bond donors (Lipinski definition) is 2. The van der Waals surface area contributed by atoms with Gasteiger partial charge in [-0.05, 0) is 0 Å². The molecule has 10 nitrogen and oxygen atoms in total. The predicted octanol–water partition coefficient (Wildman–Crippen LogP) is 2.64. The van der Waals surface area contributed by atoms with Gasteiger partial charge in [0, 0.05) is 66.3 Å². The van der Waals surface area contributed by atoms with Crippen molar-refractivity contribution in [3.63, 3.8) is 0 Å². The maximum atomic E-state index is 11.7. The van der Waals surface area contributed by atoms with Crippen LogP contribution in [0, 0.1) is 0 Å². The van der Waals surface area contributed by atoms with E-state index in [2.05, 4.69) is 0 Å². The van der Waals surface area contributed by atoms with E-state index in [9.17, 15) is 14.4 Å². The molecule has 0 aromatic rings. The molecule has 0 heterocycles. The Labute approximate surface area is 251 Å². The summed E-state index contributed by atoms with van der Waals surface area (Å²) < 4.78 is 15.1. The van der Waals surface area contributed by atoms with Gasteiger partial charge in [-0.2, -0.15) is 11.8 Å². The Morgan fingerprint density at radius 3 is 1.45 bits per heavy atom. The largest absolute Gasteiger partial charge is 0.465 e. The van der Waals surface area contributed by atoms with Gasteiger partial charge in [0.15, 0.2) is 0 Å². The van der Waals surface area contributed by atoms with Gasteiger partial charge >= 0.3 is 17.9 Å². The quantitative estimate of drug-likeness (QED) is 0.0304. The first-order valence-electron chi connectivity index (χ1n) is 12.0. The molecule has 0 aromatic carbocycles. The van der Waals surface area contributed by atoms with Gasteiger partial charge in [-0.3, -0.25) is 14.4 Å². The molecule has 16 heteroatoms. The van der Waals surface area contributed by atoms with Gasteiger partial charge < -0.3 is 24.4 Å². The summed E-state index contributed by atoms with van der Waals surface area (Å²) in [7, 11) is 0. The summed E-state index contributed by atoms with van der Waals surface area (Å²) in [5.41, 5.74) is 0. The average Bonchev–Trinajstić information content (AvgIpc) is 2.90. The van der Waals surface area contributed by atoms with E-state index in [-0.39, 0.29) is 50.1 Å². The highest BCUT2D eigenvalue weighted by Gasteiger charge is 2.06. The standard InChI is InChI=1S/C22H40O10S6/c23-3-1-5-28-20(25)15-34-10-9-33-8-7-31-32-19-38-14-13-37-18-30-22(27)17-36-12-11-35-16-21(26)29-6-2-4-24/h23-24H,1-19H2. The van der Waals surface area contributed by atoms with Crippen molar-refractivity contribution in [2.75, 3.05) is 102 Å². The van der Waals surface area contributed by atoms with Crippen molar-refractivity contribution in [2.45, 2.75) is 12.8 Å². The first-order valence-corrected chi connectivity index (χ1v) is 18.9. The minimum Gasteiger partial charge on any atom is -0.465 e. The van der Waals surface area contributed by atoms with E-state index in [0.717, 1.165) is 40.3 Å². The van der Waals surface area contributed by atoms with Gasteiger partial charge in [0.25, 0.3) is 0 Å². The molecule has 0 aliphatic heterocycles. The van der Waals surface area contributed by atoms with Crippen molar-refractivity contribution >= 4 is 88.5 Å². The van der Waals surface area contributed by atoms with Crippen LogP contribution in [0.1, 0.15) is 12.8 Å². The molecule has 0 rings (SSSR count). The number of rotatable bonds is 29. The molecule has 0 amide bonds. The van der Waals surface area contributed by atoms with Crippen molar-refractivity contribution in [1.82, 2.24) is 0 Å². The lowest BCUT2D eigenvalue weighted by Crippen LogP contribution is -2.10. The average molecular weight is 657 g/mol. The van der Waals surface area contributed by atoms with Crippen molar-refractivity contribution in [3.8, 4) is 0 Å². The van der Waals surface area contributed by atoms with Gasteiger partial charge in [0.2, 0.25) is 0 Å². The molecule has 38 heavy (non-hydrogen) atoms. The predicted molar refractivity (Wildman–Crippen MR) is 162 cm³/mol. The number of aliphatic hydroxyl groups excluding tert-OH is 2. The number of esters is 3. The Balaban J connectivity index is 3.24. The smallest absolute Gasteiger partial charge is 0.316 e. The van der Waals surface area contributed by atoms with E-state index in [1.54, 1.807) is 35.3 Å². The zero-order valence-corrected chi connectivity index (χ0v) is 26.4. The molecule has 0 aliphatic carbocycles. The highest BCUT2D eigenvalue weighted by molar-refractivity contribution is 8.04. The van der Waals surface area contributed by atoms with E-state index in [0.29, 0.717) is 42.8 Å². The lowest BCUT2D eigenvalue weighted by Gasteiger charge is -2.06. The van der Waals surface area contributed by atoms with Gasteiger partial charge in [-0.1, -0.05) is 0 Å². The monoisotopic (exact) mass is 656 g/mol. The van der Waals surface area contributed by atoms with Crippen molar-refractivity contribution < 1.29 is 48.6 Å². The normalized spacial score (nSPS) is 10.9. The SMILES string of the molecule is O=C(CSCCSCCOOCSCCSCOC(=O)CSCCSCC(=O)OCCCO)OCCCO. The van der Waals surface area contributed by atoms with Gasteiger partial charge in [0.1, 0.15) is 11.9 Å². The number of carbonyl (C=O) groups excluding carboxylic acids is 3. The second-order valence-electron chi connectivity index (χ2n) is 6.87. The van der Waals surface area contributed by atoms with E-state index in [4.69, 9.17) is 34.2 Å². The molecule has 2 N–H and O–H groups in total. The lowest BCUT2D eigenvalue weighted by atomic mass is 10.5. The molecule has 0 spiro atoms. The molecule has 0 fully saturated rings. The molecule has 0 atom stereocenters. The third kappa shape index (κ3) is 30.9. The van der Waals surface area contributed by atoms with Crippen LogP contribution < -0.4 is 0 Å². The van der Waals surface area contributed by atoms with E-state index >= 15 is 0 Å². The molecule has 0 aliphatic rings. The zero-order chi connectivity index (χ0) is 27.9. The van der Waals surface area contributed by atoms with Crippen LogP contribution in [-0.2, 0) is 38.4 Å². The minimum absolute atomic E-state index is 0.00938. The molecule has 0 radical (unpaired) electrons. The summed E-state index contributed by atoms with van der Waals surface area (Å²) in [6.07, 6.45) is 0.927. The summed E-state index contributed by atoms with van der Waals surface area (Å²) in [6, 6.07) is 0. The fourth-order valence-corrected chi connectivity index (χ4v) is 6.98. The molecule has 224 valence electrons. The molecular formula is C22H40O10S6. The first-order chi connectivity index (χ1) is 18.6. The maximum Gasteiger partial charge on any atom is 0.316 e. The maximum absolute atomic E-state index is 11.7. The highest BCUT2D eigenvalue weighted by atomic mass is 32.2. The molecule has 0 saturated heterocycles. The van der Waals surface area contributed by atoms with E-state index in [1.807, 2.05) is 0 Å². The summed E-state index contributed by atoms with van der Waals surface area (Å²) >= 11 is 9.33. The number of hydrogen-bond acceptors (Lipinski definition) is 16. The second-order valence-corrected chi connectivity index (χ2v) is 13.5. The lowest BCUT2D eigenvalue weighted by molar-refractivity contribution is -0.274. The third-order valence-corrected chi connectivity index (χ3v) is 9.79. The summed E-state index contributed by atoms with van der Waals surface area (Å²) in [6.45, 7) is 1.05. The Morgan fingerprint density at radius 2 is 0.921 bits per heavy atom. The van der Waals surface area contributed by atoms with E-state index < -0.39 is 0 Å². The molecule has 0 unspecified atom stereocenters. The van der Waals surface area contributed by atoms with Crippen molar-refractivity contribution in [2.24, 2.45) is 0 Å². The van der Waals surface area contributed by atoms with E-state index in [1.165, 1.54) is 35.3 Å². The Kier molecular flexibility index (Phi) is 32.2. The zero-order valence-electron chi connectivity index (χ0n) is 21.5. The third-order valence-electron chi connectivity index (χ3n) is 3.74. The minimum atomic E-state index is -0.284. The van der Waals surface area contributed by atoms with Gasteiger partial charge in [-0.25, -0.2) is 9.78 Å². The number of ether oxygens (including phenoxy) is 3. The van der Waals surface area contributed by atoms with Gasteiger partial charge in [-0.15, -0.1) is 58.8 Å². The van der Waals surface area contributed by atoms with Crippen molar-refractivity contribution in [1.29, 1.82) is 0 Å². The van der Waals surface area contributed by atoms with Crippen LogP contribution in [0.25, 0.3) is 0 Å². The van der Waals surface area contributed by atoms with Crippen molar-refractivity contribution in [3.05, 3.63) is 0 Å². The number of aliphatic hydroxyl groups is 2. The topological polar surface area (TPSA) is 138 Å². The summed E-state index contributed by atoms with van der Waals surface area (Å²) in [5, 5.41) is 17.3. The van der Waals surface area contributed by atoms with Crippen LogP contribution in [0.2, 0.25) is 0 Å². The summed E-state index contributed by atoms with van der Waals surface area (Å²) in [4.78, 5) is 44.7. The van der Waals surface area contributed by atoms with Crippen LogP contribution in [0.15, 0.2) is 0 Å². The van der Waals surface area contributed by atoms with Gasteiger partial charge in [0.05, 0.1) is 37.1 Å². The molecule has 0 saturated carbocycles. The fraction of sp³-hybridized carbons (Fsp3) is 0.864. The van der Waals surface area contributed by atoms with Crippen LogP contribution in [-0.4, -0.2) is 131 Å². The molecule has 0 aromatic heterocycles. The molecular weight excluding hydrogens is 617 g/mol. The van der Waals surface area contributed by atoms with Crippen LogP contribution >= 0.6 is 70.6 Å². The second kappa shape index (κ2) is 31.9. The number of thioether (sulfide) groups is 6. The number of carbonyl (C=O) groups is 3.